The second kappa shape index (κ2) is 7.77. The SMILES string of the molecule is CCCCCC(C)OC(=O)CC=O. The molecule has 0 aromatic rings. The zero-order chi connectivity index (χ0) is 10.1. The van der Waals surface area contributed by atoms with Gasteiger partial charge in [-0.3, -0.25) is 4.79 Å². The van der Waals surface area contributed by atoms with E-state index in [1.807, 2.05) is 6.92 Å². The molecule has 0 fully saturated rings. The summed E-state index contributed by atoms with van der Waals surface area (Å²) in [6.45, 7) is 3.99. The topological polar surface area (TPSA) is 43.4 Å². The fraction of sp³-hybridized carbons (Fsp3) is 0.800. The molecule has 0 radical (unpaired) electrons. The van der Waals surface area contributed by atoms with Gasteiger partial charge in [-0.25, -0.2) is 0 Å². The standard InChI is InChI=1S/C10H18O3/c1-3-4-5-6-9(2)13-10(12)7-8-11/h8-9H,3-7H2,1-2H3. The number of ether oxygens (including phenoxy) is 1. The lowest BCUT2D eigenvalue weighted by molar-refractivity contribution is -0.149. The van der Waals surface area contributed by atoms with Crippen molar-refractivity contribution in [3.63, 3.8) is 0 Å². The van der Waals surface area contributed by atoms with Crippen LogP contribution in [0.4, 0.5) is 0 Å². The predicted molar refractivity (Wildman–Crippen MR) is 50.4 cm³/mol. The number of unbranched alkanes of at least 4 members (excludes halogenated alkanes) is 2. The van der Waals surface area contributed by atoms with Gasteiger partial charge in [0.05, 0.1) is 6.10 Å². The van der Waals surface area contributed by atoms with Crippen LogP contribution in [0.25, 0.3) is 0 Å². The van der Waals surface area contributed by atoms with E-state index >= 15 is 0 Å². The predicted octanol–water partition coefficient (Wildman–Crippen LogP) is 2.09. The molecule has 1 atom stereocenters. The van der Waals surface area contributed by atoms with Crippen LogP contribution in [0.5, 0.6) is 0 Å². The fourth-order valence-electron chi connectivity index (χ4n) is 1.08. The van der Waals surface area contributed by atoms with Gasteiger partial charge in [-0.1, -0.05) is 19.8 Å². The van der Waals surface area contributed by atoms with Gasteiger partial charge in [-0.2, -0.15) is 0 Å². The Labute approximate surface area is 79.5 Å². The molecule has 76 valence electrons. The van der Waals surface area contributed by atoms with E-state index in [4.69, 9.17) is 4.74 Å². The summed E-state index contributed by atoms with van der Waals surface area (Å²) in [5.74, 6) is -0.418. The summed E-state index contributed by atoms with van der Waals surface area (Å²) >= 11 is 0. The fourth-order valence-corrected chi connectivity index (χ4v) is 1.08. The number of hydrogen-bond donors (Lipinski definition) is 0. The Hall–Kier alpha value is -0.860. The molecule has 3 heteroatoms. The highest BCUT2D eigenvalue weighted by Crippen LogP contribution is 2.06. The average Bonchev–Trinajstić information content (AvgIpc) is 2.05. The first-order chi connectivity index (χ1) is 6.20. The molecule has 0 rings (SSSR count). The molecule has 3 nitrogen and oxygen atoms in total. The molecule has 0 bridgehead atoms. The second-order valence-corrected chi connectivity index (χ2v) is 3.17. The summed E-state index contributed by atoms with van der Waals surface area (Å²) in [4.78, 5) is 20.8. The van der Waals surface area contributed by atoms with Crippen molar-refractivity contribution >= 4 is 12.3 Å². The number of aldehydes is 1. The quantitative estimate of drug-likeness (QED) is 0.264. The van der Waals surface area contributed by atoms with Crippen LogP contribution in [-0.4, -0.2) is 18.4 Å². The smallest absolute Gasteiger partial charge is 0.313 e. The van der Waals surface area contributed by atoms with Gasteiger partial charge in [0.1, 0.15) is 12.7 Å². The summed E-state index contributed by atoms with van der Waals surface area (Å²) < 4.78 is 4.97. The number of rotatable bonds is 7. The monoisotopic (exact) mass is 186 g/mol. The highest BCUT2D eigenvalue weighted by molar-refractivity contribution is 5.83. The van der Waals surface area contributed by atoms with Crippen LogP contribution >= 0.6 is 0 Å². The molecule has 1 unspecified atom stereocenters. The number of carbonyl (C=O) groups excluding carboxylic acids is 2. The normalized spacial score (nSPS) is 12.2. The molecule has 0 heterocycles. The van der Waals surface area contributed by atoms with Gasteiger partial charge in [0.25, 0.3) is 0 Å². The Bertz CT molecular complexity index is 154. The van der Waals surface area contributed by atoms with E-state index in [2.05, 4.69) is 6.92 Å². The van der Waals surface area contributed by atoms with Gasteiger partial charge in [0.2, 0.25) is 0 Å². The number of esters is 1. The van der Waals surface area contributed by atoms with Gasteiger partial charge < -0.3 is 9.53 Å². The zero-order valence-electron chi connectivity index (χ0n) is 8.41. The molecular weight excluding hydrogens is 168 g/mol. The van der Waals surface area contributed by atoms with Gasteiger partial charge in [0.15, 0.2) is 0 Å². The summed E-state index contributed by atoms with van der Waals surface area (Å²) in [7, 11) is 0. The molecular formula is C10H18O3. The molecule has 0 saturated heterocycles. The van der Waals surface area contributed by atoms with E-state index in [1.54, 1.807) is 0 Å². The largest absolute Gasteiger partial charge is 0.462 e. The van der Waals surface area contributed by atoms with Crippen molar-refractivity contribution in [3.05, 3.63) is 0 Å². The van der Waals surface area contributed by atoms with Gasteiger partial charge in [-0.05, 0) is 19.8 Å². The van der Waals surface area contributed by atoms with Crippen molar-refractivity contribution < 1.29 is 14.3 Å². The van der Waals surface area contributed by atoms with Crippen LogP contribution in [0.3, 0.4) is 0 Å². The minimum absolute atomic E-state index is 0.0565. The molecule has 0 aliphatic heterocycles. The third-order valence-corrected chi connectivity index (χ3v) is 1.80. The highest BCUT2D eigenvalue weighted by atomic mass is 16.5. The van der Waals surface area contributed by atoms with Crippen molar-refractivity contribution in [2.75, 3.05) is 0 Å². The second-order valence-electron chi connectivity index (χ2n) is 3.17. The van der Waals surface area contributed by atoms with Crippen LogP contribution in [0, 0.1) is 0 Å². The lowest BCUT2D eigenvalue weighted by Crippen LogP contribution is -2.14. The maximum Gasteiger partial charge on any atom is 0.313 e. The molecule has 0 aliphatic rings. The van der Waals surface area contributed by atoms with Crippen LogP contribution in [-0.2, 0) is 14.3 Å². The van der Waals surface area contributed by atoms with Crippen molar-refractivity contribution in [1.29, 1.82) is 0 Å². The van der Waals surface area contributed by atoms with E-state index < -0.39 is 5.97 Å². The van der Waals surface area contributed by atoms with E-state index in [0.29, 0.717) is 6.29 Å². The Morgan fingerprint density at radius 3 is 2.69 bits per heavy atom. The van der Waals surface area contributed by atoms with Gasteiger partial charge in [-0.15, -0.1) is 0 Å². The third-order valence-electron chi connectivity index (χ3n) is 1.80. The lowest BCUT2D eigenvalue weighted by Gasteiger charge is -2.11. The van der Waals surface area contributed by atoms with Crippen LogP contribution in [0.2, 0.25) is 0 Å². The first-order valence-electron chi connectivity index (χ1n) is 4.83. The molecule has 0 amide bonds. The highest BCUT2D eigenvalue weighted by Gasteiger charge is 2.07. The Morgan fingerprint density at radius 2 is 2.15 bits per heavy atom. The Kier molecular flexibility index (Phi) is 7.26. The van der Waals surface area contributed by atoms with Crippen molar-refractivity contribution in [2.24, 2.45) is 0 Å². The molecule has 0 spiro atoms. The Balaban J connectivity index is 3.43. The van der Waals surface area contributed by atoms with Crippen LogP contribution in [0.15, 0.2) is 0 Å². The maximum absolute atomic E-state index is 10.8. The minimum atomic E-state index is -0.418. The summed E-state index contributed by atoms with van der Waals surface area (Å²) in [5, 5.41) is 0. The molecule has 0 aromatic carbocycles. The molecule has 0 aromatic heterocycles. The Morgan fingerprint density at radius 1 is 1.46 bits per heavy atom. The zero-order valence-corrected chi connectivity index (χ0v) is 8.41. The summed E-state index contributed by atoms with van der Waals surface area (Å²) in [5.41, 5.74) is 0. The maximum atomic E-state index is 10.8. The first kappa shape index (κ1) is 12.1. The van der Waals surface area contributed by atoms with E-state index in [1.165, 1.54) is 0 Å². The molecule has 13 heavy (non-hydrogen) atoms. The van der Waals surface area contributed by atoms with E-state index in [-0.39, 0.29) is 12.5 Å². The number of carbonyl (C=O) groups is 2. The van der Waals surface area contributed by atoms with E-state index in [0.717, 1.165) is 25.7 Å². The van der Waals surface area contributed by atoms with Crippen molar-refractivity contribution in [3.8, 4) is 0 Å². The van der Waals surface area contributed by atoms with Crippen molar-refractivity contribution in [2.45, 2.75) is 52.1 Å². The van der Waals surface area contributed by atoms with Crippen molar-refractivity contribution in [1.82, 2.24) is 0 Å². The lowest BCUT2D eigenvalue weighted by atomic mass is 10.1. The van der Waals surface area contributed by atoms with Crippen LogP contribution < -0.4 is 0 Å². The minimum Gasteiger partial charge on any atom is -0.462 e. The van der Waals surface area contributed by atoms with Gasteiger partial charge >= 0.3 is 5.97 Å². The number of hydrogen-bond acceptors (Lipinski definition) is 3. The van der Waals surface area contributed by atoms with Crippen LogP contribution in [0.1, 0.15) is 46.0 Å². The average molecular weight is 186 g/mol. The third kappa shape index (κ3) is 7.50. The molecule has 0 saturated carbocycles. The van der Waals surface area contributed by atoms with E-state index in [9.17, 15) is 9.59 Å². The summed E-state index contributed by atoms with van der Waals surface area (Å²) in [6, 6.07) is 0. The molecule has 0 N–H and O–H groups in total. The molecule has 0 aliphatic carbocycles. The van der Waals surface area contributed by atoms with Gasteiger partial charge in [0, 0.05) is 0 Å². The first-order valence-corrected chi connectivity index (χ1v) is 4.83. The summed E-state index contributed by atoms with van der Waals surface area (Å²) in [6.07, 6.45) is 4.67.